The molecule has 0 spiro atoms. The molecule has 1 aliphatic heterocycles. The fraction of sp³-hybridized carbons (Fsp3) is 0.611. The second-order valence-corrected chi connectivity index (χ2v) is 7.37. The molecule has 0 unspecified atom stereocenters. The van der Waals surface area contributed by atoms with Gasteiger partial charge in [-0.1, -0.05) is 13.8 Å². The summed E-state index contributed by atoms with van der Waals surface area (Å²) in [6.45, 7) is 3.29. The van der Waals surface area contributed by atoms with Crippen LogP contribution in [0.15, 0.2) is 17.1 Å². The molecule has 1 aromatic carbocycles. The van der Waals surface area contributed by atoms with E-state index in [1.807, 2.05) is 14.1 Å². The number of fused-ring (bicyclic) bond motifs is 1. The molecule has 2 rings (SSSR count). The molecule has 0 aromatic heterocycles. The number of guanidine groups is 1. The van der Waals surface area contributed by atoms with Crippen molar-refractivity contribution in [1.29, 1.82) is 0 Å². The maximum atomic E-state index is 12.7. The maximum absolute atomic E-state index is 12.7. The lowest BCUT2D eigenvalue weighted by Gasteiger charge is -2.29. The zero-order valence-electron chi connectivity index (χ0n) is 16.8. The smallest absolute Gasteiger partial charge is 0.387 e. The van der Waals surface area contributed by atoms with Crippen LogP contribution in [0.1, 0.15) is 19.4 Å². The van der Waals surface area contributed by atoms with Crippen LogP contribution >= 0.6 is 24.0 Å². The minimum Gasteiger partial charge on any atom is -0.454 e. The molecular weight excluding hydrogens is 485 g/mol. The quantitative estimate of drug-likeness (QED) is 0.316. The van der Waals surface area contributed by atoms with Crippen molar-refractivity contribution < 1.29 is 23.0 Å². The number of hydrogen-bond donors (Lipinski definition) is 2. The number of hydrogen-bond acceptors (Lipinski definition) is 5. The molecule has 0 saturated heterocycles. The van der Waals surface area contributed by atoms with Crippen molar-refractivity contribution in [1.82, 2.24) is 15.5 Å². The molecular formula is C18H29F2IN4O3. The summed E-state index contributed by atoms with van der Waals surface area (Å²) in [5.41, 5.74) is 0.555. The highest BCUT2D eigenvalue weighted by atomic mass is 127. The van der Waals surface area contributed by atoms with Crippen molar-refractivity contribution >= 4 is 29.9 Å². The predicted octanol–water partition coefficient (Wildman–Crippen LogP) is 2.89. The van der Waals surface area contributed by atoms with Crippen molar-refractivity contribution in [3.8, 4) is 17.2 Å². The van der Waals surface area contributed by atoms with E-state index in [1.54, 1.807) is 13.1 Å². The van der Waals surface area contributed by atoms with Crippen LogP contribution in [0.5, 0.6) is 17.2 Å². The van der Waals surface area contributed by atoms with E-state index in [2.05, 4.69) is 39.1 Å². The summed E-state index contributed by atoms with van der Waals surface area (Å²) in [6.07, 6.45) is 0. The van der Waals surface area contributed by atoms with Gasteiger partial charge in [-0.25, -0.2) is 0 Å². The van der Waals surface area contributed by atoms with E-state index in [4.69, 9.17) is 9.47 Å². The lowest BCUT2D eigenvalue weighted by atomic mass is 9.93. The second kappa shape index (κ2) is 10.8. The number of halogens is 3. The lowest BCUT2D eigenvalue weighted by molar-refractivity contribution is -0.0505. The highest BCUT2D eigenvalue weighted by Gasteiger charge is 2.21. The van der Waals surface area contributed by atoms with Gasteiger partial charge in [-0.15, -0.1) is 24.0 Å². The number of ether oxygens (including phenoxy) is 3. The van der Waals surface area contributed by atoms with E-state index in [0.717, 1.165) is 6.54 Å². The molecule has 0 amide bonds. The molecule has 1 heterocycles. The van der Waals surface area contributed by atoms with E-state index in [1.165, 1.54) is 6.07 Å². The fourth-order valence-electron chi connectivity index (χ4n) is 2.94. The van der Waals surface area contributed by atoms with Crippen LogP contribution in [0.2, 0.25) is 0 Å². The monoisotopic (exact) mass is 514 g/mol. The largest absolute Gasteiger partial charge is 0.454 e. The van der Waals surface area contributed by atoms with Gasteiger partial charge in [-0.3, -0.25) is 4.99 Å². The van der Waals surface area contributed by atoms with Gasteiger partial charge in [-0.05, 0) is 25.6 Å². The molecule has 160 valence electrons. The number of rotatable bonds is 8. The first kappa shape index (κ1) is 24.5. The Morgan fingerprint density at radius 2 is 1.89 bits per heavy atom. The summed E-state index contributed by atoms with van der Waals surface area (Å²) in [7, 11) is 5.71. The number of benzene rings is 1. The van der Waals surface area contributed by atoms with Gasteiger partial charge < -0.3 is 29.7 Å². The first-order valence-corrected chi connectivity index (χ1v) is 8.67. The minimum atomic E-state index is -2.92. The molecule has 28 heavy (non-hydrogen) atoms. The van der Waals surface area contributed by atoms with Crippen LogP contribution in [0.4, 0.5) is 8.78 Å². The third kappa shape index (κ3) is 7.46. The molecule has 0 fully saturated rings. The second-order valence-electron chi connectivity index (χ2n) is 7.37. The first-order chi connectivity index (χ1) is 12.7. The summed E-state index contributed by atoms with van der Waals surface area (Å²) < 4.78 is 40.6. The van der Waals surface area contributed by atoms with E-state index in [9.17, 15) is 8.78 Å². The van der Waals surface area contributed by atoms with Gasteiger partial charge in [0.15, 0.2) is 17.5 Å². The Kier molecular flexibility index (Phi) is 9.48. The van der Waals surface area contributed by atoms with Gasteiger partial charge >= 0.3 is 6.61 Å². The van der Waals surface area contributed by atoms with Gasteiger partial charge in [0.05, 0.1) is 0 Å². The van der Waals surface area contributed by atoms with Crippen LogP contribution < -0.4 is 24.8 Å². The number of nitrogens with zero attached hydrogens (tertiary/aromatic N) is 2. The van der Waals surface area contributed by atoms with Crippen LogP contribution in [0.3, 0.4) is 0 Å². The molecule has 1 aromatic rings. The van der Waals surface area contributed by atoms with Gasteiger partial charge in [-0.2, -0.15) is 8.78 Å². The maximum Gasteiger partial charge on any atom is 0.387 e. The summed E-state index contributed by atoms with van der Waals surface area (Å²) in [6, 6.07) is 3.05. The molecule has 7 nitrogen and oxygen atoms in total. The molecule has 0 bridgehead atoms. The zero-order chi connectivity index (χ0) is 20.0. The minimum absolute atomic E-state index is 0. The number of alkyl halides is 2. The fourth-order valence-corrected chi connectivity index (χ4v) is 2.94. The van der Waals surface area contributed by atoms with Crippen LogP contribution in [-0.2, 0) is 6.54 Å². The Balaban J connectivity index is 0.00000392. The summed E-state index contributed by atoms with van der Waals surface area (Å²) in [4.78, 5) is 6.31. The summed E-state index contributed by atoms with van der Waals surface area (Å²) in [5, 5.41) is 6.39. The molecule has 0 atom stereocenters. The lowest BCUT2D eigenvalue weighted by Crippen LogP contribution is -2.44. The molecule has 10 heteroatoms. The van der Waals surface area contributed by atoms with Gasteiger partial charge in [0.25, 0.3) is 0 Å². The van der Waals surface area contributed by atoms with Crippen LogP contribution in [0, 0.1) is 5.41 Å². The highest BCUT2D eigenvalue weighted by molar-refractivity contribution is 14.0. The Morgan fingerprint density at radius 1 is 1.25 bits per heavy atom. The number of aliphatic imine (C=N–C) groups is 1. The zero-order valence-corrected chi connectivity index (χ0v) is 19.2. The Labute approximate surface area is 181 Å². The molecule has 0 saturated carbocycles. The Morgan fingerprint density at radius 3 is 2.46 bits per heavy atom. The molecule has 2 N–H and O–H groups in total. The Hall–Kier alpha value is -1.56. The van der Waals surface area contributed by atoms with Gasteiger partial charge in [0.1, 0.15) is 5.75 Å². The standard InChI is InChI=1S/C18H28F2N4O3.HI/c1-18(2,10-24(4)5)9-23-17(21-3)22-8-12-6-14-15(26-11-25-14)7-13(12)27-16(19)20;/h6-7,16H,8-11H2,1-5H3,(H2,21,22,23);1H. The molecule has 1 aliphatic rings. The van der Waals surface area contributed by atoms with Gasteiger partial charge in [0.2, 0.25) is 6.79 Å². The van der Waals surface area contributed by atoms with Crippen molar-refractivity contribution in [3.63, 3.8) is 0 Å². The third-order valence-electron chi connectivity index (χ3n) is 3.92. The van der Waals surface area contributed by atoms with E-state index >= 15 is 0 Å². The van der Waals surface area contributed by atoms with E-state index in [-0.39, 0.29) is 48.5 Å². The SMILES string of the molecule is CN=C(NCc1cc2c(cc1OC(F)F)OCO2)NCC(C)(C)CN(C)C.I. The van der Waals surface area contributed by atoms with Crippen LogP contribution in [-0.4, -0.2) is 58.5 Å². The van der Waals surface area contributed by atoms with Crippen molar-refractivity contribution in [2.75, 3.05) is 41.0 Å². The van der Waals surface area contributed by atoms with Crippen molar-refractivity contribution in [2.24, 2.45) is 10.4 Å². The van der Waals surface area contributed by atoms with E-state index < -0.39 is 6.61 Å². The average Bonchev–Trinajstić information content (AvgIpc) is 3.00. The summed E-state index contributed by atoms with van der Waals surface area (Å²) >= 11 is 0. The van der Waals surface area contributed by atoms with Crippen molar-refractivity contribution in [2.45, 2.75) is 27.0 Å². The predicted molar refractivity (Wildman–Crippen MR) is 115 cm³/mol. The third-order valence-corrected chi connectivity index (χ3v) is 3.92. The first-order valence-electron chi connectivity index (χ1n) is 8.67. The van der Waals surface area contributed by atoms with E-state index in [0.29, 0.717) is 29.6 Å². The van der Waals surface area contributed by atoms with Crippen molar-refractivity contribution in [3.05, 3.63) is 17.7 Å². The topological polar surface area (TPSA) is 67.4 Å². The average molecular weight is 514 g/mol. The highest BCUT2D eigenvalue weighted by Crippen LogP contribution is 2.38. The number of nitrogens with one attached hydrogen (secondary N) is 2. The molecule has 0 aliphatic carbocycles. The normalized spacial score (nSPS) is 13.5. The van der Waals surface area contributed by atoms with Crippen LogP contribution in [0.25, 0.3) is 0 Å². The molecule has 0 radical (unpaired) electrons. The Bertz CT molecular complexity index is 672. The van der Waals surface area contributed by atoms with Gasteiger partial charge in [0, 0.05) is 38.3 Å². The summed E-state index contributed by atoms with van der Waals surface area (Å²) in [5.74, 6) is 1.51.